The zero-order chi connectivity index (χ0) is 29.9. The lowest BCUT2D eigenvalue weighted by atomic mass is 10.00. The van der Waals surface area contributed by atoms with E-state index in [-0.39, 0.29) is 18.0 Å². The average Bonchev–Trinajstić information content (AvgIpc) is 2.99. The molecule has 6 nitrogen and oxygen atoms in total. The Labute approximate surface area is 246 Å². The predicted molar refractivity (Wildman–Crippen MR) is 165 cm³/mol. The molecule has 218 valence electrons. The van der Waals surface area contributed by atoms with Gasteiger partial charge in [-0.25, -0.2) is 9.18 Å². The lowest BCUT2D eigenvalue weighted by Crippen LogP contribution is -2.32. The Morgan fingerprint density at radius 1 is 0.881 bits per heavy atom. The standard InChI is InChI=1S/C35H37FN2O4/c1-25(2)24-38(33-16-9-7-14-30(33)36)21-10-22-42-28-19-17-26(18-20-28)23-32(35(40)41)37-31-15-8-6-13-29(31)34(39)27-11-4-3-5-12-27/h3-9,11-20,25,32,37H,10,21-24H2,1-2H3,(H,40,41). The van der Waals surface area contributed by atoms with Crippen molar-refractivity contribution in [1.29, 1.82) is 0 Å². The quantitative estimate of drug-likeness (QED) is 0.118. The van der Waals surface area contributed by atoms with E-state index in [1.165, 1.54) is 6.07 Å². The van der Waals surface area contributed by atoms with Crippen LogP contribution in [0.3, 0.4) is 0 Å². The number of ketones is 1. The van der Waals surface area contributed by atoms with Gasteiger partial charge in [-0.3, -0.25) is 4.79 Å². The number of hydrogen-bond acceptors (Lipinski definition) is 5. The summed E-state index contributed by atoms with van der Waals surface area (Å²) in [6.07, 6.45) is 0.936. The van der Waals surface area contributed by atoms with Crippen LogP contribution in [0.2, 0.25) is 0 Å². The molecule has 7 heteroatoms. The van der Waals surface area contributed by atoms with E-state index in [1.54, 1.807) is 60.7 Å². The summed E-state index contributed by atoms with van der Waals surface area (Å²) in [5.74, 6) is -0.350. The number of aliphatic carboxylic acids is 1. The Morgan fingerprint density at radius 2 is 1.55 bits per heavy atom. The number of carboxylic acids is 1. The van der Waals surface area contributed by atoms with E-state index < -0.39 is 12.0 Å². The van der Waals surface area contributed by atoms with E-state index in [0.717, 1.165) is 18.5 Å². The van der Waals surface area contributed by atoms with E-state index in [9.17, 15) is 19.1 Å². The van der Waals surface area contributed by atoms with Crippen LogP contribution in [0.1, 0.15) is 41.8 Å². The molecule has 0 bridgehead atoms. The van der Waals surface area contributed by atoms with Gasteiger partial charge in [0.1, 0.15) is 17.6 Å². The maximum absolute atomic E-state index is 14.4. The predicted octanol–water partition coefficient (Wildman–Crippen LogP) is 7.10. The molecule has 0 saturated heterocycles. The van der Waals surface area contributed by atoms with Gasteiger partial charge in [0, 0.05) is 36.3 Å². The van der Waals surface area contributed by atoms with Crippen LogP contribution < -0.4 is 15.0 Å². The van der Waals surface area contributed by atoms with Crippen molar-refractivity contribution in [1.82, 2.24) is 0 Å². The summed E-state index contributed by atoms with van der Waals surface area (Å²) in [7, 11) is 0. The number of hydrogen-bond donors (Lipinski definition) is 2. The van der Waals surface area contributed by atoms with Crippen molar-refractivity contribution in [3.63, 3.8) is 0 Å². The highest BCUT2D eigenvalue weighted by molar-refractivity contribution is 6.12. The van der Waals surface area contributed by atoms with E-state index in [2.05, 4.69) is 24.1 Å². The van der Waals surface area contributed by atoms with Gasteiger partial charge >= 0.3 is 5.97 Å². The third-order valence-corrected chi connectivity index (χ3v) is 6.82. The molecule has 4 aromatic rings. The van der Waals surface area contributed by atoms with Gasteiger partial charge in [-0.2, -0.15) is 0 Å². The smallest absolute Gasteiger partial charge is 0.326 e. The third kappa shape index (κ3) is 8.43. The van der Waals surface area contributed by atoms with Crippen molar-refractivity contribution in [3.05, 3.63) is 126 Å². The van der Waals surface area contributed by atoms with Crippen LogP contribution in [0.5, 0.6) is 5.75 Å². The molecule has 0 aliphatic carbocycles. The molecule has 1 atom stereocenters. The minimum Gasteiger partial charge on any atom is -0.494 e. The number of carbonyl (C=O) groups excluding carboxylic acids is 1. The zero-order valence-corrected chi connectivity index (χ0v) is 24.0. The molecule has 0 aliphatic rings. The fraction of sp³-hybridized carbons (Fsp3) is 0.257. The third-order valence-electron chi connectivity index (χ3n) is 6.82. The summed E-state index contributed by atoms with van der Waals surface area (Å²) in [6, 6.07) is 29.1. The number of anilines is 2. The first-order valence-corrected chi connectivity index (χ1v) is 14.2. The molecule has 0 radical (unpaired) electrons. The van der Waals surface area contributed by atoms with E-state index in [1.807, 2.05) is 36.4 Å². The summed E-state index contributed by atoms with van der Waals surface area (Å²) < 4.78 is 20.3. The summed E-state index contributed by atoms with van der Waals surface area (Å²) in [5.41, 5.74) is 2.84. The normalized spacial score (nSPS) is 11.6. The number of carboxylic acid groups (broad SMARTS) is 1. The van der Waals surface area contributed by atoms with E-state index >= 15 is 0 Å². The highest BCUT2D eigenvalue weighted by Gasteiger charge is 2.21. The highest BCUT2D eigenvalue weighted by Crippen LogP contribution is 2.23. The second-order valence-electron chi connectivity index (χ2n) is 10.6. The van der Waals surface area contributed by atoms with Crippen molar-refractivity contribution < 1.29 is 23.8 Å². The van der Waals surface area contributed by atoms with Crippen LogP contribution in [0.25, 0.3) is 0 Å². The molecular formula is C35H37FN2O4. The fourth-order valence-corrected chi connectivity index (χ4v) is 4.80. The highest BCUT2D eigenvalue weighted by atomic mass is 19.1. The maximum atomic E-state index is 14.4. The molecule has 0 aliphatic heterocycles. The topological polar surface area (TPSA) is 78.9 Å². The molecule has 0 amide bonds. The van der Waals surface area contributed by atoms with Crippen LogP contribution in [-0.4, -0.2) is 42.6 Å². The summed E-state index contributed by atoms with van der Waals surface area (Å²) in [6.45, 7) is 6.10. The van der Waals surface area contributed by atoms with Crippen molar-refractivity contribution in [2.45, 2.75) is 32.7 Å². The minimum atomic E-state index is -1.02. The van der Waals surface area contributed by atoms with Crippen molar-refractivity contribution in [3.8, 4) is 5.75 Å². The number of ether oxygens (including phenoxy) is 1. The first kappa shape index (κ1) is 30.3. The molecule has 1 unspecified atom stereocenters. The molecular weight excluding hydrogens is 531 g/mol. The first-order chi connectivity index (χ1) is 20.3. The first-order valence-electron chi connectivity index (χ1n) is 14.2. The van der Waals surface area contributed by atoms with Crippen molar-refractivity contribution in [2.24, 2.45) is 5.92 Å². The van der Waals surface area contributed by atoms with Gasteiger partial charge in [0.15, 0.2) is 5.78 Å². The number of rotatable bonds is 15. The Hall–Kier alpha value is -4.65. The summed E-state index contributed by atoms with van der Waals surface area (Å²) >= 11 is 0. The Balaban J connectivity index is 1.34. The molecule has 42 heavy (non-hydrogen) atoms. The lowest BCUT2D eigenvalue weighted by molar-refractivity contribution is -0.137. The van der Waals surface area contributed by atoms with Gasteiger partial charge < -0.3 is 20.1 Å². The Bertz CT molecular complexity index is 1460. The molecule has 0 saturated carbocycles. The monoisotopic (exact) mass is 568 g/mol. The minimum absolute atomic E-state index is 0.175. The molecule has 4 rings (SSSR count). The SMILES string of the molecule is CC(C)CN(CCCOc1ccc(CC(Nc2ccccc2C(=O)c2ccccc2)C(=O)O)cc1)c1ccccc1F. The van der Waals surface area contributed by atoms with E-state index in [0.29, 0.717) is 47.3 Å². The van der Waals surface area contributed by atoms with Crippen LogP contribution in [0.15, 0.2) is 103 Å². The lowest BCUT2D eigenvalue weighted by Gasteiger charge is -2.27. The van der Waals surface area contributed by atoms with Crippen LogP contribution in [0.4, 0.5) is 15.8 Å². The van der Waals surface area contributed by atoms with Crippen LogP contribution in [-0.2, 0) is 11.2 Å². The number of nitrogens with one attached hydrogen (secondary N) is 1. The Kier molecular flexibility index (Phi) is 10.7. The second kappa shape index (κ2) is 14.8. The molecule has 0 heterocycles. The molecule has 0 fully saturated rings. The second-order valence-corrected chi connectivity index (χ2v) is 10.6. The number of halogens is 1. The van der Waals surface area contributed by atoms with Gasteiger partial charge in [-0.1, -0.05) is 80.6 Å². The van der Waals surface area contributed by atoms with Crippen molar-refractivity contribution in [2.75, 3.05) is 29.9 Å². The zero-order valence-electron chi connectivity index (χ0n) is 24.0. The maximum Gasteiger partial charge on any atom is 0.326 e. The fourth-order valence-electron chi connectivity index (χ4n) is 4.80. The summed E-state index contributed by atoms with van der Waals surface area (Å²) in [4.78, 5) is 27.3. The van der Waals surface area contributed by atoms with E-state index in [4.69, 9.17) is 4.74 Å². The van der Waals surface area contributed by atoms with Gasteiger partial charge in [-0.15, -0.1) is 0 Å². The van der Waals surface area contributed by atoms with Gasteiger partial charge in [0.25, 0.3) is 0 Å². The average molecular weight is 569 g/mol. The van der Waals surface area contributed by atoms with Gasteiger partial charge in [0.2, 0.25) is 0 Å². The number of para-hydroxylation sites is 2. The molecule has 0 spiro atoms. The Morgan fingerprint density at radius 3 is 2.24 bits per heavy atom. The molecule has 0 aromatic heterocycles. The molecule has 2 N–H and O–H groups in total. The largest absolute Gasteiger partial charge is 0.494 e. The van der Waals surface area contributed by atoms with Gasteiger partial charge in [0.05, 0.1) is 12.3 Å². The number of carbonyl (C=O) groups is 2. The summed E-state index contributed by atoms with van der Waals surface area (Å²) in [5, 5.41) is 13.0. The number of benzene rings is 4. The number of nitrogens with zero attached hydrogens (tertiary/aromatic N) is 1. The molecule has 4 aromatic carbocycles. The van der Waals surface area contributed by atoms with Crippen molar-refractivity contribution >= 4 is 23.1 Å². The van der Waals surface area contributed by atoms with Crippen LogP contribution in [0, 0.1) is 11.7 Å². The van der Waals surface area contributed by atoms with Crippen LogP contribution >= 0.6 is 0 Å². The van der Waals surface area contributed by atoms with Gasteiger partial charge in [-0.05, 0) is 54.3 Å².